The Morgan fingerprint density at radius 2 is 1.74 bits per heavy atom. The zero-order valence-electron chi connectivity index (χ0n) is 17.5. The standard InChI is InChI=1S/C21H33N3O3/c1-20(2,3)15-13-16-18(26-12-7-22-16)17(14-15)23-8-10-24(11-9-23)19(25)27-21(4,5)6/h13-14,22H,7-12H2,1-6H3. The molecule has 150 valence electrons. The molecule has 0 unspecified atom stereocenters. The number of anilines is 2. The molecule has 0 saturated carbocycles. The molecule has 0 aliphatic carbocycles. The largest absolute Gasteiger partial charge is 0.487 e. The van der Waals surface area contributed by atoms with Crippen LogP contribution >= 0.6 is 0 Å². The fraction of sp³-hybridized carbons (Fsp3) is 0.667. The Hall–Kier alpha value is -2.11. The van der Waals surface area contributed by atoms with Crippen molar-refractivity contribution in [3.05, 3.63) is 17.7 Å². The quantitative estimate of drug-likeness (QED) is 0.808. The number of carbonyl (C=O) groups is 1. The Morgan fingerprint density at radius 3 is 2.33 bits per heavy atom. The van der Waals surface area contributed by atoms with Gasteiger partial charge in [0.2, 0.25) is 0 Å². The van der Waals surface area contributed by atoms with Gasteiger partial charge < -0.3 is 24.6 Å². The summed E-state index contributed by atoms with van der Waals surface area (Å²) in [7, 11) is 0. The van der Waals surface area contributed by atoms with Crippen molar-refractivity contribution in [3.63, 3.8) is 0 Å². The van der Waals surface area contributed by atoms with Crippen molar-refractivity contribution in [3.8, 4) is 5.75 Å². The molecule has 6 nitrogen and oxygen atoms in total. The van der Waals surface area contributed by atoms with Gasteiger partial charge in [0.15, 0.2) is 5.75 Å². The van der Waals surface area contributed by atoms with Gasteiger partial charge in [0, 0.05) is 32.7 Å². The highest BCUT2D eigenvalue weighted by molar-refractivity contribution is 5.75. The SMILES string of the molecule is CC(C)(C)OC(=O)N1CCN(c2cc(C(C)(C)C)cc3c2OCCN3)CC1. The zero-order chi connectivity index (χ0) is 19.8. The van der Waals surface area contributed by atoms with E-state index >= 15 is 0 Å². The number of benzene rings is 1. The third kappa shape index (κ3) is 4.60. The number of fused-ring (bicyclic) bond motifs is 1. The van der Waals surface area contributed by atoms with E-state index < -0.39 is 5.60 Å². The highest BCUT2D eigenvalue weighted by Gasteiger charge is 2.29. The van der Waals surface area contributed by atoms with Crippen molar-refractivity contribution in [2.75, 3.05) is 49.5 Å². The van der Waals surface area contributed by atoms with E-state index in [1.165, 1.54) is 5.56 Å². The molecule has 1 aromatic carbocycles. The minimum absolute atomic E-state index is 0.0568. The lowest BCUT2D eigenvalue weighted by molar-refractivity contribution is 0.0240. The van der Waals surface area contributed by atoms with Gasteiger partial charge in [0.1, 0.15) is 12.2 Å². The summed E-state index contributed by atoms with van der Waals surface area (Å²) in [6.07, 6.45) is -0.231. The highest BCUT2D eigenvalue weighted by Crippen LogP contribution is 2.42. The van der Waals surface area contributed by atoms with Crippen LogP contribution in [0.15, 0.2) is 12.1 Å². The van der Waals surface area contributed by atoms with Gasteiger partial charge in [-0.15, -0.1) is 0 Å². The Kier molecular flexibility index (Phi) is 5.19. The van der Waals surface area contributed by atoms with Gasteiger partial charge in [-0.3, -0.25) is 0 Å². The van der Waals surface area contributed by atoms with Gasteiger partial charge in [-0.25, -0.2) is 4.79 Å². The van der Waals surface area contributed by atoms with Gasteiger partial charge >= 0.3 is 6.09 Å². The van der Waals surface area contributed by atoms with Gasteiger partial charge in [-0.2, -0.15) is 0 Å². The summed E-state index contributed by atoms with van der Waals surface area (Å²) in [5.74, 6) is 0.931. The predicted octanol–water partition coefficient (Wildman–Crippen LogP) is 3.85. The molecule has 2 heterocycles. The molecule has 0 spiro atoms. The monoisotopic (exact) mass is 375 g/mol. The van der Waals surface area contributed by atoms with Crippen LogP contribution in [-0.4, -0.2) is 55.9 Å². The molecule has 0 radical (unpaired) electrons. The second-order valence-corrected chi connectivity index (χ2v) is 9.35. The Balaban J connectivity index is 1.78. The fourth-order valence-electron chi connectivity index (χ4n) is 3.36. The molecule has 1 fully saturated rings. The van der Waals surface area contributed by atoms with Crippen molar-refractivity contribution < 1.29 is 14.3 Å². The van der Waals surface area contributed by atoms with Crippen LogP contribution < -0.4 is 15.0 Å². The first-order chi connectivity index (χ1) is 12.5. The first-order valence-electron chi connectivity index (χ1n) is 9.83. The molecule has 1 N–H and O–H groups in total. The Bertz CT molecular complexity index is 696. The topological polar surface area (TPSA) is 54.0 Å². The molecule has 1 amide bonds. The van der Waals surface area contributed by atoms with Crippen molar-refractivity contribution in [2.45, 2.75) is 52.6 Å². The molecule has 2 aliphatic heterocycles. The second-order valence-electron chi connectivity index (χ2n) is 9.35. The normalized spacial score (nSPS) is 17.7. The van der Waals surface area contributed by atoms with E-state index in [9.17, 15) is 4.79 Å². The zero-order valence-corrected chi connectivity index (χ0v) is 17.5. The lowest BCUT2D eigenvalue weighted by atomic mass is 9.86. The van der Waals surface area contributed by atoms with Crippen molar-refractivity contribution in [1.29, 1.82) is 0 Å². The minimum atomic E-state index is -0.464. The summed E-state index contributed by atoms with van der Waals surface area (Å²) in [5.41, 5.74) is 3.06. The van der Waals surface area contributed by atoms with Crippen molar-refractivity contribution >= 4 is 17.5 Å². The van der Waals surface area contributed by atoms with Crippen LogP contribution in [0.25, 0.3) is 0 Å². The molecule has 1 aromatic rings. The van der Waals surface area contributed by atoms with E-state index in [2.05, 4.69) is 43.1 Å². The summed E-state index contributed by atoms with van der Waals surface area (Å²) < 4.78 is 11.5. The third-order valence-corrected chi connectivity index (χ3v) is 4.87. The molecular weight excluding hydrogens is 342 g/mol. The molecular formula is C21H33N3O3. The van der Waals surface area contributed by atoms with Gasteiger partial charge in [0.05, 0.1) is 11.4 Å². The van der Waals surface area contributed by atoms with E-state index in [1.807, 2.05) is 20.8 Å². The third-order valence-electron chi connectivity index (χ3n) is 4.87. The van der Waals surface area contributed by atoms with Crippen LogP contribution in [0.4, 0.5) is 16.2 Å². The number of hydrogen-bond acceptors (Lipinski definition) is 5. The van der Waals surface area contributed by atoms with E-state index in [1.54, 1.807) is 4.90 Å². The molecule has 0 bridgehead atoms. The van der Waals surface area contributed by atoms with Crippen LogP contribution in [0, 0.1) is 0 Å². The lowest BCUT2D eigenvalue weighted by Crippen LogP contribution is -2.50. The minimum Gasteiger partial charge on any atom is -0.487 e. The highest BCUT2D eigenvalue weighted by atomic mass is 16.6. The summed E-state index contributed by atoms with van der Waals surface area (Å²) >= 11 is 0. The van der Waals surface area contributed by atoms with E-state index in [0.29, 0.717) is 19.7 Å². The van der Waals surface area contributed by atoms with Crippen molar-refractivity contribution in [2.24, 2.45) is 0 Å². The predicted molar refractivity (Wildman–Crippen MR) is 109 cm³/mol. The number of piperazine rings is 1. The molecule has 0 atom stereocenters. The molecule has 6 heteroatoms. The van der Waals surface area contributed by atoms with Crippen LogP contribution in [0.1, 0.15) is 47.1 Å². The maximum absolute atomic E-state index is 12.3. The van der Waals surface area contributed by atoms with Gasteiger partial charge in [0.25, 0.3) is 0 Å². The van der Waals surface area contributed by atoms with E-state index in [-0.39, 0.29) is 11.5 Å². The van der Waals surface area contributed by atoms with Gasteiger partial charge in [-0.05, 0) is 43.9 Å². The molecule has 0 aromatic heterocycles. The molecule has 2 aliphatic rings. The number of carbonyl (C=O) groups excluding carboxylic acids is 1. The number of ether oxygens (including phenoxy) is 2. The van der Waals surface area contributed by atoms with Crippen molar-refractivity contribution in [1.82, 2.24) is 4.90 Å². The summed E-state index contributed by atoms with van der Waals surface area (Å²) in [6, 6.07) is 4.45. The first-order valence-corrected chi connectivity index (χ1v) is 9.83. The number of nitrogens with one attached hydrogen (secondary N) is 1. The van der Waals surface area contributed by atoms with Crippen LogP contribution in [0.2, 0.25) is 0 Å². The maximum Gasteiger partial charge on any atom is 0.410 e. The van der Waals surface area contributed by atoms with Crippen LogP contribution in [0.5, 0.6) is 5.75 Å². The van der Waals surface area contributed by atoms with E-state index in [4.69, 9.17) is 9.47 Å². The number of rotatable bonds is 1. The summed E-state index contributed by atoms with van der Waals surface area (Å²) in [5, 5.41) is 3.47. The summed E-state index contributed by atoms with van der Waals surface area (Å²) in [4.78, 5) is 16.4. The second kappa shape index (κ2) is 7.13. The Labute approximate surface area is 162 Å². The summed E-state index contributed by atoms with van der Waals surface area (Å²) in [6.45, 7) is 16.7. The average Bonchev–Trinajstić information content (AvgIpc) is 2.58. The Morgan fingerprint density at radius 1 is 1.07 bits per heavy atom. The number of nitrogens with zero attached hydrogens (tertiary/aromatic N) is 2. The van der Waals surface area contributed by atoms with E-state index in [0.717, 1.165) is 36.8 Å². The van der Waals surface area contributed by atoms with Gasteiger partial charge in [-0.1, -0.05) is 20.8 Å². The number of hydrogen-bond donors (Lipinski definition) is 1. The first kappa shape index (κ1) is 19.6. The van der Waals surface area contributed by atoms with Crippen LogP contribution in [-0.2, 0) is 10.2 Å². The fourth-order valence-corrected chi connectivity index (χ4v) is 3.36. The molecule has 1 saturated heterocycles. The maximum atomic E-state index is 12.3. The average molecular weight is 376 g/mol. The molecule has 27 heavy (non-hydrogen) atoms. The van der Waals surface area contributed by atoms with Crippen LogP contribution in [0.3, 0.4) is 0 Å². The smallest absolute Gasteiger partial charge is 0.410 e. The number of amides is 1. The molecule has 3 rings (SSSR count). The lowest BCUT2D eigenvalue weighted by Gasteiger charge is -2.38.